The number of likely N-dealkylation sites (tertiary alicyclic amines) is 1. The van der Waals surface area contributed by atoms with Crippen LogP contribution in [0, 0.1) is 6.92 Å². The standard InChI is InChI=1S/C42H46ClN7O5S/c1-27-14-16-29(17-15-27)23-45-39(52)35(21-31-25-56-26-46-31)48-40(53)34(20-30-24-44-33-12-6-5-11-32(30)33)49-41(54)37-13-7-8-18-50(37)42(55)36(47-38(51)22-43)19-28-9-3-2-4-10-28/h2-6,9-12,14-17,24-26,34-37,44H,7-8,13,18-23H2,1H3,(H,45,52)(H,47,51)(H,48,53)(H,49,54)/t34?,35?,36?,37-/m0/s1. The van der Waals surface area contributed by atoms with E-state index in [-0.39, 0.29) is 31.7 Å². The number of benzene rings is 3. The maximum Gasteiger partial charge on any atom is 0.246 e. The topological polar surface area (TPSA) is 165 Å². The molecule has 1 fully saturated rings. The van der Waals surface area contributed by atoms with Crippen molar-refractivity contribution in [2.75, 3.05) is 12.4 Å². The predicted molar refractivity (Wildman–Crippen MR) is 217 cm³/mol. The average molecular weight is 796 g/mol. The number of para-hydroxylation sites is 1. The number of carbonyl (C=O) groups excluding carboxylic acids is 5. The number of thiazole rings is 1. The van der Waals surface area contributed by atoms with Crippen LogP contribution >= 0.6 is 22.9 Å². The highest BCUT2D eigenvalue weighted by molar-refractivity contribution is 7.07. The second-order valence-corrected chi connectivity index (χ2v) is 15.0. The van der Waals surface area contributed by atoms with Crippen molar-refractivity contribution in [3.8, 4) is 0 Å². The molecule has 4 atom stereocenters. The molecule has 0 spiro atoms. The molecule has 0 aliphatic carbocycles. The number of aryl methyl sites for hydroxylation is 1. The normalized spacial score (nSPS) is 15.7. The Kier molecular flexibility index (Phi) is 13.9. The van der Waals surface area contributed by atoms with E-state index in [4.69, 9.17) is 11.6 Å². The van der Waals surface area contributed by atoms with Gasteiger partial charge in [-0.05, 0) is 48.9 Å². The number of H-pyrrole nitrogens is 1. The Morgan fingerprint density at radius 3 is 2.34 bits per heavy atom. The van der Waals surface area contributed by atoms with E-state index in [2.05, 4.69) is 31.2 Å². The number of nitrogens with zero attached hydrogens (tertiary/aromatic N) is 2. The largest absolute Gasteiger partial charge is 0.361 e. The fourth-order valence-electron chi connectivity index (χ4n) is 7.00. The molecular weight excluding hydrogens is 750 g/mol. The van der Waals surface area contributed by atoms with Gasteiger partial charge in [-0.25, -0.2) is 4.98 Å². The lowest BCUT2D eigenvalue weighted by molar-refractivity contribution is -0.145. The summed E-state index contributed by atoms with van der Waals surface area (Å²) < 4.78 is 0. The molecule has 5 N–H and O–H groups in total. The summed E-state index contributed by atoms with van der Waals surface area (Å²) >= 11 is 7.22. The van der Waals surface area contributed by atoms with Gasteiger partial charge in [-0.2, -0.15) is 0 Å². The van der Waals surface area contributed by atoms with Crippen molar-refractivity contribution in [3.63, 3.8) is 0 Å². The van der Waals surface area contributed by atoms with E-state index in [1.54, 1.807) is 5.51 Å². The summed E-state index contributed by atoms with van der Waals surface area (Å²) in [7, 11) is 0. The SMILES string of the molecule is Cc1ccc(CNC(=O)C(Cc2cscn2)NC(=O)C(Cc2c[nH]c3ccccc23)NC(=O)[C@@H]2CCCCN2C(=O)C(Cc2ccccc2)NC(=O)CCl)cc1. The van der Waals surface area contributed by atoms with Crippen LogP contribution in [0.1, 0.15) is 47.2 Å². The Labute approximate surface area is 334 Å². The van der Waals surface area contributed by atoms with E-state index < -0.39 is 53.7 Å². The summed E-state index contributed by atoms with van der Waals surface area (Å²) in [6.45, 7) is 2.55. The van der Waals surface area contributed by atoms with Crippen LogP contribution in [-0.4, -0.2) is 81.0 Å². The average Bonchev–Trinajstić information content (AvgIpc) is 3.90. The van der Waals surface area contributed by atoms with Crippen molar-refractivity contribution in [1.82, 2.24) is 36.1 Å². The number of hydrogen-bond donors (Lipinski definition) is 5. The number of alkyl halides is 1. The minimum Gasteiger partial charge on any atom is -0.361 e. The number of fused-ring (bicyclic) bond motifs is 1. The van der Waals surface area contributed by atoms with Crippen molar-refractivity contribution in [2.24, 2.45) is 0 Å². The van der Waals surface area contributed by atoms with Crippen molar-refractivity contribution >= 4 is 63.4 Å². The number of piperidine rings is 1. The molecule has 292 valence electrons. The van der Waals surface area contributed by atoms with Crippen molar-refractivity contribution in [3.05, 3.63) is 124 Å². The minimum absolute atomic E-state index is 0.110. The van der Waals surface area contributed by atoms with E-state index in [0.29, 0.717) is 31.5 Å². The third-order valence-corrected chi connectivity index (χ3v) is 10.9. The molecule has 3 unspecified atom stereocenters. The Balaban J connectivity index is 1.24. The molecule has 3 heterocycles. The van der Waals surface area contributed by atoms with Crippen LogP contribution in [0.25, 0.3) is 10.9 Å². The van der Waals surface area contributed by atoms with Gasteiger partial charge in [0.05, 0.1) is 11.2 Å². The number of aromatic amines is 1. The van der Waals surface area contributed by atoms with Gasteiger partial charge in [-0.3, -0.25) is 24.0 Å². The Morgan fingerprint density at radius 1 is 0.839 bits per heavy atom. The first kappa shape index (κ1) is 40.1. The van der Waals surface area contributed by atoms with Crippen LogP contribution in [0.2, 0.25) is 0 Å². The molecule has 56 heavy (non-hydrogen) atoms. The summed E-state index contributed by atoms with van der Waals surface area (Å²) in [5.41, 5.74) is 6.83. The van der Waals surface area contributed by atoms with Crippen LogP contribution in [0.5, 0.6) is 0 Å². The molecule has 1 aliphatic rings. The van der Waals surface area contributed by atoms with Gasteiger partial charge in [0, 0.05) is 54.8 Å². The summed E-state index contributed by atoms with van der Waals surface area (Å²) in [6.07, 6.45) is 4.01. The van der Waals surface area contributed by atoms with Gasteiger partial charge in [0.1, 0.15) is 30.0 Å². The predicted octanol–water partition coefficient (Wildman–Crippen LogP) is 4.35. The highest BCUT2D eigenvalue weighted by Crippen LogP contribution is 2.22. The molecule has 6 rings (SSSR count). The van der Waals surface area contributed by atoms with Gasteiger partial charge >= 0.3 is 0 Å². The molecule has 5 aromatic rings. The van der Waals surface area contributed by atoms with Gasteiger partial charge in [-0.1, -0.05) is 78.4 Å². The number of halogens is 1. The fraction of sp³-hybridized carbons (Fsp3) is 0.333. The fourth-order valence-corrected chi connectivity index (χ4v) is 7.64. The molecule has 2 aromatic heterocycles. The highest BCUT2D eigenvalue weighted by atomic mass is 35.5. The molecule has 5 amide bonds. The van der Waals surface area contributed by atoms with Crippen molar-refractivity contribution < 1.29 is 24.0 Å². The molecule has 14 heteroatoms. The Bertz CT molecular complexity index is 2110. The van der Waals surface area contributed by atoms with E-state index >= 15 is 0 Å². The molecule has 1 aliphatic heterocycles. The molecule has 12 nitrogen and oxygen atoms in total. The zero-order valence-corrected chi connectivity index (χ0v) is 32.7. The van der Waals surface area contributed by atoms with Crippen LogP contribution in [0.4, 0.5) is 0 Å². The summed E-state index contributed by atoms with van der Waals surface area (Å²) in [6, 6.07) is 20.8. The van der Waals surface area contributed by atoms with Gasteiger partial charge in [0.15, 0.2) is 0 Å². The van der Waals surface area contributed by atoms with Crippen LogP contribution in [0.3, 0.4) is 0 Å². The molecule has 0 radical (unpaired) electrons. The number of hydrogen-bond acceptors (Lipinski definition) is 7. The number of aromatic nitrogens is 2. The minimum atomic E-state index is -1.11. The zero-order chi connectivity index (χ0) is 39.4. The molecule has 0 saturated carbocycles. The first-order valence-corrected chi connectivity index (χ1v) is 20.2. The quantitative estimate of drug-likeness (QED) is 0.0933. The van der Waals surface area contributed by atoms with Gasteiger partial charge in [0.2, 0.25) is 29.5 Å². The maximum atomic E-state index is 14.4. The Hall–Kier alpha value is -5.53. The van der Waals surface area contributed by atoms with Crippen LogP contribution in [0.15, 0.2) is 96.0 Å². The summed E-state index contributed by atoms with van der Waals surface area (Å²) in [5.74, 6) is -2.67. The lowest BCUT2D eigenvalue weighted by Gasteiger charge is -2.37. The lowest BCUT2D eigenvalue weighted by Crippen LogP contribution is -2.61. The first-order valence-electron chi connectivity index (χ1n) is 18.7. The highest BCUT2D eigenvalue weighted by Gasteiger charge is 2.38. The summed E-state index contributed by atoms with van der Waals surface area (Å²) in [4.78, 5) is 78.2. The lowest BCUT2D eigenvalue weighted by atomic mass is 9.97. The first-order chi connectivity index (χ1) is 27.2. The summed E-state index contributed by atoms with van der Waals surface area (Å²) in [5, 5.41) is 14.3. The van der Waals surface area contributed by atoms with Crippen molar-refractivity contribution in [2.45, 2.75) is 76.2 Å². The third-order valence-electron chi connectivity index (χ3n) is 9.97. The van der Waals surface area contributed by atoms with Crippen LogP contribution in [-0.2, 0) is 49.8 Å². The van der Waals surface area contributed by atoms with E-state index in [1.165, 1.54) is 16.2 Å². The molecule has 1 saturated heterocycles. The van der Waals surface area contributed by atoms with Gasteiger partial charge in [0.25, 0.3) is 0 Å². The zero-order valence-electron chi connectivity index (χ0n) is 31.1. The molecule has 0 bridgehead atoms. The van der Waals surface area contributed by atoms with Gasteiger partial charge < -0.3 is 31.2 Å². The van der Waals surface area contributed by atoms with E-state index in [1.807, 2.05) is 97.4 Å². The third kappa shape index (κ3) is 10.6. The van der Waals surface area contributed by atoms with E-state index in [0.717, 1.165) is 33.2 Å². The number of rotatable bonds is 16. The van der Waals surface area contributed by atoms with Crippen molar-refractivity contribution in [1.29, 1.82) is 0 Å². The van der Waals surface area contributed by atoms with Gasteiger partial charge in [-0.15, -0.1) is 22.9 Å². The second kappa shape index (κ2) is 19.4. The molecular formula is C42H46ClN7O5S. The number of nitrogens with one attached hydrogen (secondary N) is 5. The van der Waals surface area contributed by atoms with E-state index in [9.17, 15) is 24.0 Å². The number of amides is 5. The monoisotopic (exact) mass is 795 g/mol. The maximum absolute atomic E-state index is 14.4. The second-order valence-electron chi connectivity index (χ2n) is 14.1. The van der Waals surface area contributed by atoms with Crippen LogP contribution < -0.4 is 21.3 Å². The number of carbonyl (C=O) groups is 5. The Morgan fingerprint density at radius 2 is 1.59 bits per heavy atom. The molecule has 3 aromatic carbocycles. The smallest absolute Gasteiger partial charge is 0.246 e.